The Bertz CT molecular complexity index is 1230. The normalized spacial score (nSPS) is 20.1. The Kier molecular flexibility index (Phi) is 7.17. The lowest BCUT2D eigenvalue weighted by Gasteiger charge is -2.49. The van der Waals surface area contributed by atoms with Gasteiger partial charge in [0.2, 0.25) is 5.16 Å². The van der Waals surface area contributed by atoms with E-state index in [0.29, 0.717) is 10.7 Å². The molecule has 4 heterocycles. The topological polar surface area (TPSA) is 191 Å². The van der Waals surface area contributed by atoms with Gasteiger partial charge >= 0.3 is 12.6 Å². The van der Waals surface area contributed by atoms with Crippen LogP contribution in [0.2, 0.25) is 0 Å². The highest BCUT2D eigenvalue weighted by molar-refractivity contribution is 8.01. The van der Waals surface area contributed by atoms with Crippen LogP contribution in [0, 0.1) is 0 Å². The van der Waals surface area contributed by atoms with Crippen LogP contribution in [0.4, 0.5) is 13.9 Å². The minimum absolute atomic E-state index is 0.0602. The first-order chi connectivity index (χ1) is 16.7. The van der Waals surface area contributed by atoms with Crippen LogP contribution in [0.1, 0.15) is 5.69 Å². The van der Waals surface area contributed by atoms with Crippen LogP contribution in [0.15, 0.2) is 27.0 Å². The van der Waals surface area contributed by atoms with Gasteiger partial charge in [0.05, 0.1) is 0 Å². The van der Waals surface area contributed by atoms with E-state index in [1.807, 2.05) is 0 Å². The molecule has 1 fully saturated rings. The molecular weight excluding hydrogens is 532 g/mol. The minimum atomic E-state index is -3.29. The monoisotopic (exact) mass is 547 g/mol. The summed E-state index contributed by atoms with van der Waals surface area (Å²) in [6, 6.07) is -1.12. The number of nitrogen functional groups attached to an aromatic ring is 1. The number of hydrogen-bond donors (Lipinski definition) is 3. The number of anilines is 1. The number of aliphatic carboxylic acids is 1. The summed E-state index contributed by atoms with van der Waals surface area (Å²) in [5.41, 5.74) is 5.11. The Hall–Kier alpha value is -3.32. The second-order valence-corrected chi connectivity index (χ2v) is 9.81. The van der Waals surface area contributed by atoms with Crippen molar-refractivity contribution in [2.24, 2.45) is 12.2 Å². The second kappa shape index (κ2) is 10.1. The van der Waals surface area contributed by atoms with Crippen molar-refractivity contribution in [1.82, 2.24) is 35.4 Å². The number of aromatic nitrogens is 5. The molecule has 1 saturated heterocycles. The Morgan fingerprint density at radius 2 is 2.26 bits per heavy atom. The molecule has 0 radical (unpaired) electrons. The van der Waals surface area contributed by atoms with Crippen LogP contribution in [0.5, 0.6) is 0 Å². The highest BCUT2D eigenvalue weighted by Crippen LogP contribution is 2.41. The number of carbonyl (C=O) groups excluding carboxylic acids is 2. The number of hydrogen-bond acceptors (Lipinski definition) is 13. The first-order valence-electron chi connectivity index (χ1n) is 9.46. The van der Waals surface area contributed by atoms with Crippen LogP contribution >= 0.6 is 34.9 Å². The summed E-state index contributed by atoms with van der Waals surface area (Å²) in [5, 5.41) is 27.5. The van der Waals surface area contributed by atoms with Crippen molar-refractivity contribution in [3.8, 4) is 0 Å². The molecule has 2 amide bonds. The average Bonchev–Trinajstić information content (AvgIpc) is 3.42. The van der Waals surface area contributed by atoms with E-state index in [2.05, 4.69) is 35.8 Å². The van der Waals surface area contributed by atoms with Crippen molar-refractivity contribution in [3.05, 3.63) is 22.3 Å². The summed E-state index contributed by atoms with van der Waals surface area (Å²) in [6.07, 6.45) is 0. The van der Waals surface area contributed by atoms with Crippen LogP contribution in [-0.2, 0) is 26.3 Å². The third-order valence-corrected chi connectivity index (χ3v) is 7.81. The molecule has 0 bridgehead atoms. The number of carbonyl (C=O) groups is 3. The number of amides is 2. The smallest absolute Gasteiger partial charge is 0.407 e. The van der Waals surface area contributed by atoms with E-state index < -0.39 is 41.5 Å². The molecule has 2 aromatic heterocycles. The fourth-order valence-electron chi connectivity index (χ4n) is 3.19. The van der Waals surface area contributed by atoms with Gasteiger partial charge in [0.25, 0.3) is 11.8 Å². The van der Waals surface area contributed by atoms with Gasteiger partial charge in [0.15, 0.2) is 10.8 Å². The average molecular weight is 548 g/mol. The van der Waals surface area contributed by atoms with E-state index in [0.717, 1.165) is 16.2 Å². The Labute approximate surface area is 206 Å². The Morgan fingerprint density at radius 1 is 1.49 bits per heavy atom. The Balaban J connectivity index is 1.50. The van der Waals surface area contributed by atoms with Crippen molar-refractivity contribution in [2.75, 3.05) is 17.2 Å². The number of thioether (sulfide) groups is 2. The lowest BCUT2D eigenvalue weighted by Crippen LogP contribution is -2.71. The first-order valence-corrected chi connectivity index (χ1v) is 12.4. The van der Waals surface area contributed by atoms with Crippen molar-refractivity contribution >= 4 is 63.5 Å². The molecular formula is C16H15F2N9O5S3. The number of thiazole rings is 1. The second-order valence-electron chi connectivity index (χ2n) is 6.87. The number of tetrazole rings is 1. The van der Waals surface area contributed by atoms with Crippen LogP contribution < -0.4 is 11.1 Å². The third-order valence-electron chi connectivity index (χ3n) is 4.70. The van der Waals surface area contributed by atoms with Crippen LogP contribution in [0.3, 0.4) is 0 Å². The SMILES string of the molecule is Cn1nnnc1SCC1=C(C(=O)O)N2C(=O)C(NC(=O)C(=NOC(F)F)c3csc(N)n3)[C@@H]2SC1. The molecule has 0 aliphatic carbocycles. The number of carboxylic acid groups (broad SMARTS) is 1. The van der Waals surface area contributed by atoms with Gasteiger partial charge in [-0.15, -0.1) is 28.2 Å². The van der Waals surface area contributed by atoms with Crippen molar-refractivity contribution < 1.29 is 33.1 Å². The van der Waals surface area contributed by atoms with Gasteiger partial charge in [-0.05, 0) is 16.0 Å². The summed E-state index contributed by atoms with van der Waals surface area (Å²) in [7, 11) is 1.64. The largest absolute Gasteiger partial charge is 0.477 e. The van der Waals surface area contributed by atoms with E-state index in [4.69, 9.17) is 5.73 Å². The molecule has 2 aliphatic rings. The van der Waals surface area contributed by atoms with E-state index in [1.54, 1.807) is 7.05 Å². The maximum atomic E-state index is 12.8. The summed E-state index contributed by atoms with van der Waals surface area (Å²) < 4.78 is 26.4. The van der Waals surface area contributed by atoms with Gasteiger partial charge in [0.1, 0.15) is 22.8 Å². The molecule has 35 heavy (non-hydrogen) atoms. The number of nitrogens with two attached hydrogens (primary N) is 1. The molecule has 2 aromatic rings. The Morgan fingerprint density at radius 3 is 2.86 bits per heavy atom. The molecule has 19 heteroatoms. The quantitative estimate of drug-likeness (QED) is 0.161. The number of fused-ring (bicyclic) bond motifs is 1. The number of alkyl halides is 2. The summed E-state index contributed by atoms with van der Waals surface area (Å²) in [5.74, 6) is -2.50. The highest BCUT2D eigenvalue weighted by atomic mass is 32.2. The van der Waals surface area contributed by atoms with Gasteiger partial charge in [-0.1, -0.05) is 16.9 Å². The number of nitrogens with one attached hydrogen (secondary N) is 1. The number of carboxylic acids is 1. The molecule has 14 nitrogen and oxygen atoms in total. The third kappa shape index (κ3) is 5.05. The van der Waals surface area contributed by atoms with Crippen molar-refractivity contribution in [3.63, 3.8) is 0 Å². The zero-order valence-corrected chi connectivity index (χ0v) is 19.9. The zero-order valence-electron chi connectivity index (χ0n) is 17.5. The summed E-state index contributed by atoms with van der Waals surface area (Å²) in [4.78, 5) is 46.4. The first kappa shape index (κ1) is 24.8. The maximum Gasteiger partial charge on any atom is 0.407 e. The van der Waals surface area contributed by atoms with Gasteiger partial charge in [-0.3, -0.25) is 14.5 Å². The van der Waals surface area contributed by atoms with E-state index in [9.17, 15) is 28.3 Å². The van der Waals surface area contributed by atoms with E-state index in [1.165, 1.54) is 33.6 Å². The number of halogens is 2. The van der Waals surface area contributed by atoms with E-state index >= 15 is 0 Å². The molecule has 4 rings (SSSR count). The van der Waals surface area contributed by atoms with Crippen molar-refractivity contribution in [1.29, 1.82) is 0 Å². The number of β-lactam (4-membered cyclic amide) rings is 1. The predicted octanol–water partition coefficient (Wildman–Crippen LogP) is -0.277. The molecule has 0 spiro atoms. The number of rotatable bonds is 9. The van der Waals surface area contributed by atoms with Crippen LogP contribution in [0.25, 0.3) is 0 Å². The van der Waals surface area contributed by atoms with Crippen molar-refractivity contribution in [2.45, 2.75) is 23.2 Å². The molecule has 1 unspecified atom stereocenters. The van der Waals surface area contributed by atoms with Crippen LogP contribution in [-0.4, -0.2) is 88.2 Å². The standard InChI is InChI=1S/C16H15F2N9O5S3/c1-26-16(22-24-25-26)35-3-5-2-33-12-8(11(29)27(12)9(5)13(30)31)21-10(28)7(23-32-14(17)18)6-4-34-15(19)20-6/h4,8,12,14H,2-3H2,1H3,(H2,19,20)(H,21,28)(H,30,31)/t8?,12-/m0/s1. The lowest BCUT2D eigenvalue weighted by molar-refractivity contribution is -0.150. The predicted molar refractivity (Wildman–Crippen MR) is 119 cm³/mol. The molecule has 186 valence electrons. The number of nitrogens with zero attached hydrogens (tertiary/aromatic N) is 7. The molecule has 4 N–H and O–H groups in total. The molecule has 2 atom stereocenters. The van der Waals surface area contributed by atoms with Gasteiger partial charge in [-0.25, -0.2) is 14.5 Å². The van der Waals surface area contributed by atoms with E-state index in [-0.39, 0.29) is 28.0 Å². The number of aryl methyl sites for hydroxylation is 1. The molecule has 0 aromatic carbocycles. The van der Waals surface area contributed by atoms with Gasteiger partial charge in [0, 0.05) is 23.9 Å². The fraction of sp³-hybridized carbons (Fsp3) is 0.375. The maximum absolute atomic E-state index is 12.8. The molecule has 0 saturated carbocycles. The fourth-order valence-corrected chi connectivity index (χ4v) is 6.08. The molecule has 2 aliphatic heterocycles. The number of oxime groups is 1. The lowest BCUT2D eigenvalue weighted by atomic mass is 10.0. The summed E-state index contributed by atoms with van der Waals surface area (Å²) >= 11 is 3.40. The summed E-state index contributed by atoms with van der Waals surface area (Å²) in [6.45, 7) is -3.29. The van der Waals surface area contributed by atoms with Gasteiger partial charge < -0.3 is 21.0 Å². The zero-order chi connectivity index (χ0) is 25.3. The minimum Gasteiger partial charge on any atom is -0.477 e. The highest BCUT2D eigenvalue weighted by Gasteiger charge is 2.54. The van der Waals surface area contributed by atoms with Gasteiger partial charge in [-0.2, -0.15) is 8.78 Å².